The molecule has 0 heterocycles. The molecular formula is C5H6Cl3NO2. The lowest BCUT2D eigenvalue weighted by Crippen LogP contribution is -2.06. The van der Waals surface area contributed by atoms with Gasteiger partial charge >= 0.3 is 6.09 Å². The molecule has 0 aliphatic heterocycles. The highest BCUT2D eigenvalue weighted by molar-refractivity contribution is 6.74. The summed E-state index contributed by atoms with van der Waals surface area (Å²) in [6.45, 7) is 1.90. The molecule has 64 valence electrons. The van der Waals surface area contributed by atoms with Gasteiger partial charge in [0.1, 0.15) is 0 Å². The Morgan fingerprint density at radius 1 is 1.64 bits per heavy atom. The van der Waals surface area contributed by atoms with Gasteiger partial charge in [-0.05, 0) is 6.92 Å². The number of hydrogen-bond acceptors (Lipinski definition) is 2. The molecule has 0 aromatic carbocycles. The van der Waals surface area contributed by atoms with E-state index in [0.29, 0.717) is 0 Å². The van der Waals surface area contributed by atoms with Crippen molar-refractivity contribution in [3.8, 4) is 0 Å². The number of carbonyl (C=O) groups is 1. The Balaban J connectivity index is 3.83. The van der Waals surface area contributed by atoms with E-state index in [1.165, 1.54) is 0 Å². The average molecular weight is 218 g/mol. The molecule has 0 fully saturated rings. The molecule has 3 nitrogen and oxygen atoms in total. The summed E-state index contributed by atoms with van der Waals surface area (Å²) >= 11 is 15.8. The first-order chi connectivity index (χ1) is 4.95. The number of carbonyl (C=O) groups excluding carboxylic acids is 1. The van der Waals surface area contributed by atoms with E-state index in [1.54, 1.807) is 6.92 Å². The molecule has 0 bridgehead atoms. The molecule has 0 spiro atoms. The Bertz CT molecular complexity index is 164. The third-order valence-corrected chi connectivity index (χ3v) is 0.877. The van der Waals surface area contributed by atoms with Crippen LogP contribution in [0.2, 0.25) is 0 Å². The number of hydrogen-bond donors (Lipinski definition) is 0. The van der Waals surface area contributed by atoms with Crippen molar-refractivity contribution in [2.75, 3.05) is 6.61 Å². The number of aliphatic imine (C=N–C) groups is 1. The van der Waals surface area contributed by atoms with Gasteiger partial charge in [0, 0.05) is 0 Å². The van der Waals surface area contributed by atoms with Gasteiger partial charge < -0.3 is 4.74 Å². The molecule has 0 atom stereocenters. The second kappa shape index (κ2) is 4.80. The van der Waals surface area contributed by atoms with Crippen molar-refractivity contribution in [3.05, 3.63) is 0 Å². The van der Waals surface area contributed by atoms with Crippen LogP contribution in [0.15, 0.2) is 4.99 Å². The standard InChI is InChI=1S/C5H6Cl3NO2/c1-2-11-4(10)9-3-5(6,7)8/h3H,2H2,1H3. The van der Waals surface area contributed by atoms with Gasteiger partial charge in [-0.3, -0.25) is 0 Å². The molecule has 0 unspecified atom stereocenters. The monoisotopic (exact) mass is 217 g/mol. The fourth-order valence-electron chi connectivity index (χ4n) is 0.287. The van der Waals surface area contributed by atoms with Crippen LogP contribution < -0.4 is 0 Å². The predicted molar refractivity (Wildman–Crippen MR) is 45.8 cm³/mol. The van der Waals surface area contributed by atoms with Crippen LogP contribution in [0.1, 0.15) is 6.92 Å². The average Bonchev–Trinajstić information content (AvgIpc) is 1.83. The third kappa shape index (κ3) is 7.91. The van der Waals surface area contributed by atoms with Crippen molar-refractivity contribution >= 4 is 47.1 Å². The second-order valence-corrected chi connectivity index (χ2v) is 3.87. The van der Waals surface area contributed by atoms with Gasteiger partial charge in [0.2, 0.25) is 3.79 Å². The van der Waals surface area contributed by atoms with Crippen LogP contribution in [-0.4, -0.2) is 22.7 Å². The highest BCUT2D eigenvalue weighted by atomic mass is 35.6. The molecule has 0 aromatic rings. The van der Waals surface area contributed by atoms with Crippen LogP contribution >= 0.6 is 34.8 Å². The van der Waals surface area contributed by atoms with E-state index in [-0.39, 0.29) is 6.61 Å². The van der Waals surface area contributed by atoms with Crippen LogP contribution in [-0.2, 0) is 4.74 Å². The van der Waals surface area contributed by atoms with Crippen LogP contribution in [0.4, 0.5) is 4.79 Å². The number of halogens is 3. The number of ether oxygens (including phenoxy) is 1. The van der Waals surface area contributed by atoms with Crippen molar-refractivity contribution in [2.45, 2.75) is 10.7 Å². The van der Waals surface area contributed by atoms with Gasteiger partial charge in [-0.15, -0.1) is 0 Å². The summed E-state index contributed by atoms with van der Waals surface area (Å²) < 4.78 is 2.78. The van der Waals surface area contributed by atoms with Crippen LogP contribution in [0.5, 0.6) is 0 Å². The molecule has 6 heteroatoms. The van der Waals surface area contributed by atoms with Gasteiger partial charge in [-0.1, -0.05) is 34.8 Å². The molecule has 0 saturated carbocycles. The summed E-state index contributed by atoms with van der Waals surface area (Å²) in [6, 6.07) is 0. The first-order valence-electron chi connectivity index (χ1n) is 2.74. The summed E-state index contributed by atoms with van der Waals surface area (Å²) in [5.41, 5.74) is 0. The Morgan fingerprint density at radius 3 is 2.55 bits per heavy atom. The maximum atomic E-state index is 10.5. The SMILES string of the molecule is CCOC(=O)N=CC(Cl)(Cl)Cl. The topological polar surface area (TPSA) is 38.7 Å². The molecule has 11 heavy (non-hydrogen) atoms. The largest absolute Gasteiger partial charge is 0.448 e. The molecule has 0 aromatic heterocycles. The number of amides is 1. The maximum absolute atomic E-state index is 10.5. The molecule has 0 radical (unpaired) electrons. The summed E-state index contributed by atoms with van der Waals surface area (Å²) in [7, 11) is 0. The van der Waals surface area contributed by atoms with Crippen LogP contribution in [0.3, 0.4) is 0 Å². The van der Waals surface area contributed by atoms with E-state index >= 15 is 0 Å². The maximum Gasteiger partial charge on any atom is 0.433 e. The minimum absolute atomic E-state index is 0.246. The molecule has 0 aliphatic rings. The van der Waals surface area contributed by atoms with Gasteiger partial charge in [0.05, 0.1) is 12.8 Å². The van der Waals surface area contributed by atoms with Crippen molar-refractivity contribution in [3.63, 3.8) is 0 Å². The fraction of sp³-hybridized carbons (Fsp3) is 0.600. The quantitative estimate of drug-likeness (QED) is 0.501. The van der Waals surface area contributed by atoms with E-state index in [9.17, 15) is 4.79 Å². The van der Waals surface area contributed by atoms with Crippen molar-refractivity contribution < 1.29 is 9.53 Å². The molecule has 0 aliphatic carbocycles. The van der Waals surface area contributed by atoms with Crippen molar-refractivity contribution in [1.82, 2.24) is 0 Å². The first kappa shape index (κ1) is 11.0. The third-order valence-electron chi connectivity index (χ3n) is 0.584. The summed E-state index contributed by atoms with van der Waals surface area (Å²) in [4.78, 5) is 13.7. The Morgan fingerprint density at radius 2 is 2.18 bits per heavy atom. The second-order valence-electron chi connectivity index (χ2n) is 1.50. The number of rotatable bonds is 1. The zero-order chi connectivity index (χ0) is 8.91. The molecule has 0 N–H and O–H groups in total. The Labute approximate surface area is 79.3 Å². The lowest BCUT2D eigenvalue weighted by atomic mass is 10.8. The van der Waals surface area contributed by atoms with E-state index in [1.807, 2.05) is 0 Å². The highest BCUT2D eigenvalue weighted by Gasteiger charge is 2.16. The molecule has 0 saturated heterocycles. The van der Waals surface area contributed by atoms with Crippen molar-refractivity contribution in [2.24, 2.45) is 4.99 Å². The van der Waals surface area contributed by atoms with E-state index in [0.717, 1.165) is 6.21 Å². The minimum atomic E-state index is -1.65. The zero-order valence-electron chi connectivity index (χ0n) is 5.68. The predicted octanol–water partition coefficient (Wildman–Crippen LogP) is 2.58. The van der Waals surface area contributed by atoms with Gasteiger partial charge in [0.25, 0.3) is 0 Å². The summed E-state index contributed by atoms with van der Waals surface area (Å²) in [6.07, 6.45) is 0.120. The van der Waals surface area contributed by atoms with Gasteiger partial charge in [-0.2, -0.15) is 4.99 Å². The normalized spacial score (nSPS) is 12.0. The molecule has 1 amide bonds. The lowest BCUT2D eigenvalue weighted by molar-refractivity contribution is 0.163. The van der Waals surface area contributed by atoms with E-state index in [4.69, 9.17) is 34.8 Å². The zero-order valence-corrected chi connectivity index (χ0v) is 7.95. The molecule has 0 rings (SSSR count). The van der Waals surface area contributed by atoms with Crippen LogP contribution in [0, 0.1) is 0 Å². The Kier molecular flexibility index (Phi) is 4.81. The minimum Gasteiger partial charge on any atom is -0.448 e. The summed E-state index contributed by atoms with van der Waals surface area (Å²) in [5.74, 6) is 0. The van der Waals surface area contributed by atoms with E-state index in [2.05, 4.69) is 9.73 Å². The van der Waals surface area contributed by atoms with Crippen molar-refractivity contribution in [1.29, 1.82) is 0 Å². The van der Waals surface area contributed by atoms with Crippen LogP contribution in [0.25, 0.3) is 0 Å². The lowest BCUT2D eigenvalue weighted by Gasteiger charge is -2.00. The summed E-state index contributed by atoms with van der Waals surface area (Å²) in [5, 5.41) is 0. The van der Waals surface area contributed by atoms with E-state index < -0.39 is 9.89 Å². The number of nitrogens with zero attached hydrogens (tertiary/aromatic N) is 1. The first-order valence-corrected chi connectivity index (χ1v) is 3.88. The Hall–Kier alpha value is 0.01000. The van der Waals surface area contributed by atoms with Gasteiger partial charge in [0.15, 0.2) is 0 Å². The smallest absolute Gasteiger partial charge is 0.433 e. The molecular weight excluding hydrogens is 212 g/mol. The fourth-order valence-corrected chi connectivity index (χ4v) is 0.433. The highest BCUT2D eigenvalue weighted by Crippen LogP contribution is 2.22. The van der Waals surface area contributed by atoms with Gasteiger partial charge in [-0.25, -0.2) is 4.79 Å². The number of alkyl halides is 3.